The highest BCUT2D eigenvalue weighted by molar-refractivity contribution is 14.1. The normalized spacial score (nSPS) is 14.1. The van der Waals surface area contributed by atoms with Crippen molar-refractivity contribution in [1.29, 1.82) is 5.26 Å². The molecule has 1 aliphatic rings. The van der Waals surface area contributed by atoms with E-state index in [1.807, 2.05) is 28.7 Å². The molecule has 0 saturated heterocycles. The minimum atomic E-state index is -2.34. The number of halogens is 6. The van der Waals surface area contributed by atoms with Crippen molar-refractivity contribution in [1.82, 2.24) is 0 Å². The topological polar surface area (TPSA) is 74.9 Å². The summed E-state index contributed by atoms with van der Waals surface area (Å²) in [6, 6.07) is 12.0. The largest absolute Gasteiger partial charge is 0.493 e. The Bertz CT molecular complexity index is 1540. The molecule has 1 amide bonds. The van der Waals surface area contributed by atoms with Gasteiger partial charge in [0.05, 0.1) is 33.6 Å². The first kappa shape index (κ1) is 27.1. The third kappa shape index (κ3) is 4.93. The van der Waals surface area contributed by atoms with Crippen LogP contribution in [0.5, 0.6) is 11.5 Å². The first-order valence-corrected chi connectivity index (χ1v) is 11.8. The second-order valence-electron chi connectivity index (χ2n) is 7.91. The van der Waals surface area contributed by atoms with Crippen molar-refractivity contribution in [2.24, 2.45) is 5.10 Å². The second-order valence-corrected chi connectivity index (χ2v) is 9.07. The Morgan fingerprint density at radius 3 is 2.21 bits per heavy atom. The lowest BCUT2D eigenvalue weighted by Crippen LogP contribution is -2.25. The van der Waals surface area contributed by atoms with Crippen molar-refractivity contribution in [3.63, 3.8) is 0 Å². The van der Waals surface area contributed by atoms with Gasteiger partial charge in [0.1, 0.15) is 12.3 Å². The molecule has 12 heteroatoms. The highest BCUT2D eigenvalue weighted by Crippen LogP contribution is 2.37. The van der Waals surface area contributed by atoms with E-state index in [2.05, 4.69) is 5.10 Å². The molecule has 1 aliphatic heterocycles. The molecule has 0 atom stereocenters. The standard InChI is InChI=1S/C26H15F5IN3O3/c1-12-16(26(36)35(34-12)24-22(30)20(28)19(27)21(29)23(24)31)7-15-8-17(32)25(18(9-15)37-2)38-11-14-5-3-13(10-33)4-6-14/h3-9H,11H2,1-2H3/b16-7-. The molecular weight excluding hydrogens is 624 g/mol. The minimum Gasteiger partial charge on any atom is -0.493 e. The van der Waals surface area contributed by atoms with Crippen LogP contribution in [0.4, 0.5) is 27.6 Å². The molecule has 0 spiro atoms. The molecule has 0 unspecified atom stereocenters. The van der Waals surface area contributed by atoms with E-state index in [1.54, 1.807) is 36.4 Å². The van der Waals surface area contributed by atoms with Gasteiger partial charge >= 0.3 is 0 Å². The quantitative estimate of drug-likeness (QED) is 0.105. The summed E-state index contributed by atoms with van der Waals surface area (Å²) >= 11 is 2.00. The highest BCUT2D eigenvalue weighted by atomic mass is 127. The molecule has 4 rings (SSSR count). The maximum absolute atomic E-state index is 14.3. The molecule has 0 bridgehead atoms. The van der Waals surface area contributed by atoms with Crippen molar-refractivity contribution in [3.05, 3.63) is 91.3 Å². The molecule has 0 fully saturated rings. The van der Waals surface area contributed by atoms with Crippen LogP contribution in [0.25, 0.3) is 6.08 Å². The van der Waals surface area contributed by atoms with E-state index >= 15 is 0 Å². The van der Waals surface area contributed by atoms with Crippen LogP contribution in [-0.4, -0.2) is 18.7 Å². The molecule has 1 heterocycles. The van der Waals surface area contributed by atoms with Crippen LogP contribution in [0, 0.1) is 44.0 Å². The molecule has 0 aliphatic carbocycles. The van der Waals surface area contributed by atoms with Crippen LogP contribution in [-0.2, 0) is 11.4 Å². The Morgan fingerprint density at radius 2 is 1.63 bits per heavy atom. The number of nitrogens with zero attached hydrogens (tertiary/aromatic N) is 3. The summed E-state index contributed by atoms with van der Waals surface area (Å²) in [4.78, 5) is 12.9. The zero-order valence-corrected chi connectivity index (χ0v) is 21.7. The van der Waals surface area contributed by atoms with Gasteiger partial charge in [-0.25, -0.2) is 22.0 Å². The van der Waals surface area contributed by atoms with Crippen molar-refractivity contribution in [2.45, 2.75) is 13.5 Å². The third-order valence-electron chi connectivity index (χ3n) is 5.49. The van der Waals surface area contributed by atoms with Crippen LogP contribution in [0.1, 0.15) is 23.6 Å². The van der Waals surface area contributed by atoms with Gasteiger partial charge < -0.3 is 9.47 Å². The molecule has 0 radical (unpaired) electrons. The highest BCUT2D eigenvalue weighted by Gasteiger charge is 2.37. The molecule has 6 nitrogen and oxygen atoms in total. The van der Waals surface area contributed by atoms with Gasteiger partial charge in [0, 0.05) is 0 Å². The SMILES string of the molecule is COc1cc(/C=C2\C(=O)N(c3c(F)c(F)c(F)c(F)c3F)N=C2C)cc(I)c1OCc1ccc(C#N)cc1. The fraction of sp³-hybridized carbons (Fsp3) is 0.115. The van der Waals surface area contributed by atoms with Gasteiger partial charge in [0.15, 0.2) is 34.8 Å². The van der Waals surface area contributed by atoms with Crippen molar-refractivity contribution < 1.29 is 36.2 Å². The lowest BCUT2D eigenvalue weighted by molar-refractivity contribution is -0.114. The van der Waals surface area contributed by atoms with Crippen molar-refractivity contribution in [3.8, 4) is 17.6 Å². The Kier molecular flexibility index (Phi) is 7.68. The van der Waals surface area contributed by atoms with Crippen LogP contribution >= 0.6 is 22.6 Å². The van der Waals surface area contributed by atoms with E-state index in [0.29, 0.717) is 26.2 Å². The van der Waals surface area contributed by atoms with Crippen LogP contribution in [0.2, 0.25) is 0 Å². The fourth-order valence-electron chi connectivity index (χ4n) is 3.58. The lowest BCUT2D eigenvalue weighted by Gasteiger charge is -2.15. The zero-order valence-electron chi connectivity index (χ0n) is 19.6. The van der Waals surface area contributed by atoms with Crippen LogP contribution in [0.15, 0.2) is 47.1 Å². The Morgan fingerprint density at radius 1 is 1.03 bits per heavy atom. The zero-order chi connectivity index (χ0) is 27.7. The number of anilines is 1. The van der Waals surface area contributed by atoms with E-state index in [4.69, 9.17) is 14.7 Å². The van der Waals surface area contributed by atoms with E-state index in [-0.39, 0.29) is 22.9 Å². The lowest BCUT2D eigenvalue weighted by atomic mass is 10.1. The van der Waals surface area contributed by atoms with E-state index in [0.717, 1.165) is 5.56 Å². The molecule has 0 saturated carbocycles. The summed E-state index contributed by atoms with van der Waals surface area (Å²) in [6.07, 6.45) is 1.35. The van der Waals surface area contributed by atoms with Gasteiger partial charge in [0.25, 0.3) is 5.91 Å². The molecule has 0 N–H and O–H groups in total. The molecule has 0 aromatic heterocycles. The fourth-order valence-corrected chi connectivity index (χ4v) is 4.36. The number of hydrogen-bond donors (Lipinski definition) is 0. The number of amides is 1. The Labute approximate surface area is 226 Å². The maximum atomic E-state index is 14.3. The number of carbonyl (C=O) groups is 1. The molecule has 3 aromatic carbocycles. The smallest absolute Gasteiger partial charge is 0.280 e. The number of methoxy groups -OCH3 is 1. The first-order chi connectivity index (χ1) is 18.1. The van der Waals surface area contributed by atoms with Gasteiger partial charge in [0.2, 0.25) is 5.82 Å². The Balaban J connectivity index is 1.64. The molecule has 38 heavy (non-hydrogen) atoms. The summed E-state index contributed by atoms with van der Waals surface area (Å²) < 4.78 is 81.3. The van der Waals surface area contributed by atoms with Crippen LogP contribution < -0.4 is 14.5 Å². The summed E-state index contributed by atoms with van der Waals surface area (Å²) in [5.74, 6) is -11.4. The monoisotopic (exact) mass is 639 g/mol. The average Bonchev–Trinajstić information content (AvgIpc) is 3.18. The summed E-state index contributed by atoms with van der Waals surface area (Å²) in [5, 5.41) is 12.8. The molecule has 3 aromatic rings. The summed E-state index contributed by atoms with van der Waals surface area (Å²) in [7, 11) is 1.41. The third-order valence-corrected chi connectivity index (χ3v) is 6.29. The number of hydrogen-bond acceptors (Lipinski definition) is 5. The van der Waals surface area contributed by atoms with Crippen LogP contribution in [0.3, 0.4) is 0 Å². The number of rotatable bonds is 6. The van der Waals surface area contributed by atoms with Crippen molar-refractivity contribution in [2.75, 3.05) is 12.1 Å². The molecule has 194 valence electrons. The predicted molar refractivity (Wildman–Crippen MR) is 136 cm³/mol. The van der Waals surface area contributed by atoms with E-state index in [9.17, 15) is 26.7 Å². The summed E-state index contributed by atoms with van der Waals surface area (Å²) in [5.41, 5.74) is 0.149. The Hall–Kier alpha value is -3.99. The van der Waals surface area contributed by atoms with Gasteiger partial charge in [-0.05, 0) is 71.0 Å². The number of nitriles is 1. The summed E-state index contributed by atoms with van der Waals surface area (Å²) in [6.45, 7) is 1.53. The van der Waals surface area contributed by atoms with E-state index < -0.39 is 40.7 Å². The first-order valence-electron chi connectivity index (χ1n) is 10.7. The second kappa shape index (κ2) is 10.8. The predicted octanol–water partition coefficient (Wildman–Crippen LogP) is 6.25. The van der Waals surface area contributed by atoms with Gasteiger partial charge in [-0.1, -0.05) is 12.1 Å². The molecular formula is C26H15F5IN3O3. The average molecular weight is 639 g/mol. The van der Waals surface area contributed by atoms with Gasteiger partial charge in [-0.15, -0.1) is 0 Å². The van der Waals surface area contributed by atoms with E-state index in [1.165, 1.54) is 20.1 Å². The van der Waals surface area contributed by atoms with Crippen molar-refractivity contribution >= 4 is 46.0 Å². The minimum absolute atomic E-state index is 0.00550. The van der Waals surface area contributed by atoms with Gasteiger partial charge in [-0.2, -0.15) is 15.4 Å². The number of hydrazone groups is 1. The number of ether oxygens (including phenoxy) is 2. The number of carbonyl (C=O) groups excluding carboxylic acids is 1. The van der Waals surface area contributed by atoms with Gasteiger partial charge in [-0.3, -0.25) is 4.79 Å². The number of benzene rings is 3. The maximum Gasteiger partial charge on any atom is 0.280 e.